The molecule has 1 N–H and O–H groups in total. The Bertz CT molecular complexity index is 1190. The molecule has 0 aliphatic heterocycles. The van der Waals surface area contributed by atoms with Crippen LogP contribution < -0.4 is 5.32 Å². The molecule has 5 nitrogen and oxygen atoms in total. The monoisotopic (exact) mass is 422 g/mol. The predicted molar refractivity (Wildman–Crippen MR) is 116 cm³/mol. The molecule has 0 saturated heterocycles. The predicted octanol–water partition coefficient (Wildman–Crippen LogP) is 5.80. The van der Waals surface area contributed by atoms with Gasteiger partial charge in [0.25, 0.3) is 5.91 Å². The minimum absolute atomic E-state index is 0.0446. The van der Waals surface area contributed by atoms with Crippen LogP contribution in [0.5, 0.6) is 0 Å². The highest BCUT2D eigenvalue weighted by molar-refractivity contribution is 6.32. The van der Waals surface area contributed by atoms with Gasteiger partial charge in [-0.2, -0.15) is 0 Å². The maximum absolute atomic E-state index is 12.9. The Labute approximate surface area is 177 Å². The van der Waals surface area contributed by atoms with Gasteiger partial charge in [0.1, 0.15) is 0 Å². The number of halogens is 2. The molecule has 0 aliphatic rings. The van der Waals surface area contributed by atoms with Gasteiger partial charge in [-0.3, -0.25) is 4.79 Å². The zero-order valence-electron chi connectivity index (χ0n) is 15.4. The number of nitrogens with zero attached hydrogens (tertiary/aromatic N) is 3. The number of anilines is 1. The van der Waals surface area contributed by atoms with Crippen LogP contribution in [0.1, 0.15) is 16.2 Å². The summed E-state index contributed by atoms with van der Waals surface area (Å²) in [5.41, 5.74) is 2.93. The number of carbonyl (C=O) groups excluding carboxylic acids is 1. The maximum atomic E-state index is 12.9. The van der Waals surface area contributed by atoms with Gasteiger partial charge in [0, 0.05) is 21.3 Å². The molecule has 0 unspecified atom stereocenters. The Morgan fingerprint density at radius 2 is 1.72 bits per heavy atom. The smallest absolute Gasteiger partial charge is 0.295 e. The van der Waals surface area contributed by atoms with Crippen LogP contribution in [0.4, 0.5) is 5.69 Å². The molecule has 7 heteroatoms. The molecule has 1 heterocycles. The van der Waals surface area contributed by atoms with Crippen molar-refractivity contribution in [1.29, 1.82) is 0 Å². The van der Waals surface area contributed by atoms with Crippen LogP contribution in [0.25, 0.3) is 17.1 Å². The molecule has 0 spiro atoms. The first kappa shape index (κ1) is 19.2. The van der Waals surface area contributed by atoms with Crippen LogP contribution in [-0.2, 0) is 0 Å². The van der Waals surface area contributed by atoms with E-state index in [4.69, 9.17) is 23.2 Å². The molecular weight excluding hydrogens is 407 g/mol. The standard InChI is InChI=1S/C22H16Cl2N4O/c1-14-18(24)11-6-12-19(14)25-22(29)20-26-21(15-7-5-8-16(23)13-15)28(27-20)17-9-3-2-4-10-17/h2-13H,1H3,(H,25,29). The number of carbonyl (C=O) groups is 1. The fraction of sp³-hybridized carbons (Fsp3) is 0.0455. The third-order valence-corrected chi connectivity index (χ3v) is 5.05. The molecule has 4 aromatic rings. The van der Waals surface area contributed by atoms with Gasteiger partial charge >= 0.3 is 0 Å². The molecule has 1 aromatic heterocycles. The number of hydrogen-bond acceptors (Lipinski definition) is 3. The summed E-state index contributed by atoms with van der Waals surface area (Å²) in [4.78, 5) is 17.3. The van der Waals surface area contributed by atoms with Gasteiger partial charge in [0.15, 0.2) is 5.82 Å². The lowest BCUT2D eigenvalue weighted by Crippen LogP contribution is -2.15. The summed E-state index contributed by atoms with van der Waals surface area (Å²) in [5, 5.41) is 8.44. The lowest BCUT2D eigenvalue weighted by Gasteiger charge is -2.07. The first-order chi connectivity index (χ1) is 14.0. The van der Waals surface area contributed by atoms with Gasteiger partial charge < -0.3 is 5.32 Å². The van der Waals surface area contributed by atoms with E-state index in [0.29, 0.717) is 21.6 Å². The number of para-hydroxylation sites is 1. The molecule has 0 saturated carbocycles. The Morgan fingerprint density at radius 1 is 0.966 bits per heavy atom. The Hall–Kier alpha value is -3.15. The summed E-state index contributed by atoms with van der Waals surface area (Å²) >= 11 is 12.3. The molecular formula is C22H16Cl2N4O. The van der Waals surface area contributed by atoms with E-state index in [9.17, 15) is 4.79 Å². The highest BCUT2D eigenvalue weighted by Crippen LogP contribution is 2.26. The van der Waals surface area contributed by atoms with Crippen molar-refractivity contribution in [3.63, 3.8) is 0 Å². The van der Waals surface area contributed by atoms with Crippen molar-refractivity contribution in [3.05, 3.63) is 94.2 Å². The van der Waals surface area contributed by atoms with Gasteiger partial charge in [0.05, 0.1) is 5.69 Å². The number of rotatable bonds is 4. The molecule has 29 heavy (non-hydrogen) atoms. The molecule has 0 radical (unpaired) electrons. The normalized spacial score (nSPS) is 10.7. The van der Waals surface area contributed by atoms with Crippen molar-refractivity contribution < 1.29 is 4.79 Å². The summed E-state index contributed by atoms with van der Waals surface area (Å²) in [6, 6.07) is 22.1. The van der Waals surface area contributed by atoms with E-state index < -0.39 is 5.91 Å². The van der Waals surface area contributed by atoms with E-state index in [1.807, 2.05) is 49.4 Å². The molecule has 0 bridgehead atoms. The van der Waals surface area contributed by atoms with Crippen molar-refractivity contribution in [1.82, 2.24) is 14.8 Å². The summed E-state index contributed by atoms with van der Waals surface area (Å²) in [5.74, 6) is 0.142. The summed E-state index contributed by atoms with van der Waals surface area (Å²) < 4.78 is 1.63. The van der Waals surface area contributed by atoms with Crippen LogP contribution >= 0.6 is 23.2 Å². The fourth-order valence-corrected chi connectivity index (χ4v) is 3.26. The van der Waals surface area contributed by atoms with Crippen LogP contribution in [0.15, 0.2) is 72.8 Å². The Balaban J connectivity index is 1.77. The topological polar surface area (TPSA) is 59.8 Å². The van der Waals surface area contributed by atoms with Gasteiger partial charge in [-0.05, 0) is 48.9 Å². The van der Waals surface area contributed by atoms with E-state index in [0.717, 1.165) is 16.8 Å². The quantitative estimate of drug-likeness (QED) is 0.451. The average Bonchev–Trinajstić information content (AvgIpc) is 3.18. The van der Waals surface area contributed by atoms with Crippen molar-refractivity contribution in [2.45, 2.75) is 6.92 Å². The number of hydrogen-bond donors (Lipinski definition) is 1. The number of aromatic nitrogens is 3. The fourth-order valence-electron chi connectivity index (χ4n) is 2.89. The summed E-state index contributed by atoms with van der Waals surface area (Å²) in [7, 11) is 0. The number of amides is 1. The van der Waals surface area contributed by atoms with Gasteiger partial charge in [-0.1, -0.05) is 59.6 Å². The summed E-state index contributed by atoms with van der Waals surface area (Å²) in [6.45, 7) is 1.84. The van der Waals surface area contributed by atoms with E-state index in [-0.39, 0.29) is 5.82 Å². The van der Waals surface area contributed by atoms with E-state index in [1.165, 1.54) is 0 Å². The van der Waals surface area contributed by atoms with E-state index in [1.54, 1.807) is 35.0 Å². The van der Waals surface area contributed by atoms with Crippen LogP contribution in [0, 0.1) is 6.92 Å². The highest BCUT2D eigenvalue weighted by Gasteiger charge is 2.19. The molecule has 3 aromatic carbocycles. The lowest BCUT2D eigenvalue weighted by atomic mass is 10.2. The number of nitrogens with one attached hydrogen (secondary N) is 1. The minimum Gasteiger partial charge on any atom is -0.319 e. The molecule has 4 rings (SSSR count). The van der Waals surface area contributed by atoms with Crippen molar-refractivity contribution >= 4 is 34.8 Å². The van der Waals surface area contributed by atoms with Crippen molar-refractivity contribution in [2.24, 2.45) is 0 Å². The minimum atomic E-state index is -0.423. The largest absolute Gasteiger partial charge is 0.319 e. The maximum Gasteiger partial charge on any atom is 0.295 e. The van der Waals surface area contributed by atoms with Crippen LogP contribution in [0.2, 0.25) is 10.0 Å². The molecule has 144 valence electrons. The molecule has 0 aliphatic carbocycles. The number of benzene rings is 3. The second kappa shape index (κ2) is 8.07. The van der Waals surface area contributed by atoms with Gasteiger partial charge in [0.2, 0.25) is 5.82 Å². The van der Waals surface area contributed by atoms with Crippen molar-refractivity contribution in [2.75, 3.05) is 5.32 Å². The SMILES string of the molecule is Cc1c(Cl)cccc1NC(=O)c1nc(-c2cccc(Cl)c2)n(-c2ccccc2)n1. The van der Waals surface area contributed by atoms with E-state index >= 15 is 0 Å². The molecule has 1 amide bonds. The molecule has 0 fully saturated rings. The van der Waals surface area contributed by atoms with Crippen LogP contribution in [0.3, 0.4) is 0 Å². The Morgan fingerprint density at radius 3 is 2.48 bits per heavy atom. The van der Waals surface area contributed by atoms with Crippen LogP contribution in [-0.4, -0.2) is 20.7 Å². The Kier molecular flexibility index (Phi) is 5.34. The zero-order chi connectivity index (χ0) is 20.4. The van der Waals surface area contributed by atoms with Gasteiger partial charge in [-0.15, -0.1) is 5.10 Å². The lowest BCUT2D eigenvalue weighted by molar-refractivity contribution is 0.101. The second-order valence-corrected chi connectivity index (χ2v) is 7.23. The third-order valence-electron chi connectivity index (χ3n) is 4.41. The first-order valence-electron chi connectivity index (χ1n) is 8.88. The average molecular weight is 423 g/mol. The third kappa shape index (κ3) is 4.01. The van der Waals surface area contributed by atoms with E-state index in [2.05, 4.69) is 15.4 Å². The zero-order valence-corrected chi connectivity index (χ0v) is 16.9. The first-order valence-corrected chi connectivity index (χ1v) is 9.63. The van der Waals surface area contributed by atoms with Crippen molar-refractivity contribution in [3.8, 4) is 17.1 Å². The highest BCUT2D eigenvalue weighted by atomic mass is 35.5. The van der Waals surface area contributed by atoms with Gasteiger partial charge in [-0.25, -0.2) is 9.67 Å². The summed E-state index contributed by atoms with van der Waals surface area (Å²) in [6.07, 6.45) is 0. The second-order valence-electron chi connectivity index (χ2n) is 6.38. The molecule has 0 atom stereocenters.